The fourth-order valence-corrected chi connectivity index (χ4v) is 2.99. The molecule has 0 spiro atoms. The van der Waals surface area contributed by atoms with Gasteiger partial charge >= 0.3 is 24.7 Å². The van der Waals surface area contributed by atoms with Crippen LogP contribution in [0.15, 0.2) is 11.6 Å². The molecule has 0 bridgehead atoms. The first-order chi connectivity index (χ1) is 11.6. The highest BCUT2D eigenvalue weighted by Gasteiger charge is 2.78. The first kappa shape index (κ1) is 23.9. The van der Waals surface area contributed by atoms with Crippen LogP contribution in [0.5, 0.6) is 0 Å². The standard InChI is InChI=1S/C13H12F12O2/c1-7(9(27,12(20,21)22)13(23,24)25)4-2-6(3-5-7)8(26,10(14,15)16)11(17,18)19/h2,26-27H,3-5H2,1H3/t7-/m1/s1. The van der Waals surface area contributed by atoms with Crippen LogP contribution in [0.4, 0.5) is 52.7 Å². The summed E-state index contributed by atoms with van der Waals surface area (Å²) in [6.07, 6.45) is -30.3. The van der Waals surface area contributed by atoms with E-state index in [1.54, 1.807) is 0 Å². The Hall–Kier alpha value is -1.18. The van der Waals surface area contributed by atoms with Crippen LogP contribution in [0.3, 0.4) is 0 Å². The second-order valence-corrected chi connectivity index (χ2v) is 6.41. The topological polar surface area (TPSA) is 40.5 Å². The van der Waals surface area contributed by atoms with Gasteiger partial charge in [0.05, 0.1) is 0 Å². The monoisotopic (exact) mass is 428 g/mol. The van der Waals surface area contributed by atoms with Crippen molar-refractivity contribution in [1.82, 2.24) is 0 Å². The van der Waals surface area contributed by atoms with E-state index in [1.165, 1.54) is 0 Å². The number of hydrogen-bond acceptors (Lipinski definition) is 2. The second kappa shape index (κ2) is 6.16. The largest absolute Gasteiger partial charge is 0.430 e. The molecule has 0 aliphatic heterocycles. The summed E-state index contributed by atoms with van der Waals surface area (Å²) < 4.78 is 154. The molecule has 0 fully saturated rings. The average molecular weight is 428 g/mol. The van der Waals surface area contributed by atoms with E-state index in [0.717, 1.165) is 0 Å². The van der Waals surface area contributed by atoms with Gasteiger partial charge in [-0.05, 0) is 24.8 Å². The van der Waals surface area contributed by atoms with Gasteiger partial charge in [-0.15, -0.1) is 0 Å². The van der Waals surface area contributed by atoms with Gasteiger partial charge in [-0.3, -0.25) is 0 Å². The molecular weight excluding hydrogens is 416 g/mol. The first-order valence-electron chi connectivity index (χ1n) is 6.97. The van der Waals surface area contributed by atoms with Gasteiger partial charge in [0.2, 0.25) is 0 Å². The molecule has 0 amide bonds. The molecule has 14 heteroatoms. The second-order valence-electron chi connectivity index (χ2n) is 6.41. The van der Waals surface area contributed by atoms with E-state index in [1.807, 2.05) is 0 Å². The van der Waals surface area contributed by atoms with E-state index in [9.17, 15) is 62.9 Å². The van der Waals surface area contributed by atoms with Crippen molar-refractivity contribution >= 4 is 0 Å². The van der Waals surface area contributed by atoms with Gasteiger partial charge in [0.15, 0.2) is 0 Å². The third-order valence-corrected chi connectivity index (χ3v) is 4.72. The molecule has 1 rings (SSSR count). The van der Waals surface area contributed by atoms with Gasteiger partial charge < -0.3 is 10.2 Å². The third-order valence-electron chi connectivity index (χ3n) is 4.72. The lowest BCUT2D eigenvalue weighted by atomic mass is 9.63. The fraction of sp³-hybridized carbons (Fsp3) is 0.846. The van der Waals surface area contributed by atoms with Crippen LogP contribution in [0.2, 0.25) is 0 Å². The Morgan fingerprint density at radius 2 is 1.11 bits per heavy atom. The minimum Gasteiger partial charge on any atom is -0.373 e. The fourth-order valence-electron chi connectivity index (χ4n) is 2.99. The number of rotatable bonds is 2. The van der Waals surface area contributed by atoms with Crippen LogP contribution < -0.4 is 0 Å². The Morgan fingerprint density at radius 3 is 1.33 bits per heavy atom. The molecule has 1 atom stereocenters. The van der Waals surface area contributed by atoms with E-state index < -0.39 is 66.2 Å². The highest BCUT2D eigenvalue weighted by Crippen LogP contribution is 2.60. The van der Waals surface area contributed by atoms with E-state index in [0.29, 0.717) is 0 Å². The van der Waals surface area contributed by atoms with E-state index >= 15 is 0 Å². The number of hydrogen-bond donors (Lipinski definition) is 2. The molecule has 160 valence electrons. The van der Waals surface area contributed by atoms with Crippen molar-refractivity contribution in [2.24, 2.45) is 5.41 Å². The summed E-state index contributed by atoms with van der Waals surface area (Å²) in [6, 6.07) is 0. The quantitative estimate of drug-likeness (QED) is 0.490. The summed E-state index contributed by atoms with van der Waals surface area (Å²) in [5, 5.41) is 18.6. The van der Waals surface area contributed by atoms with Gasteiger partial charge in [0, 0.05) is 5.41 Å². The molecule has 0 heterocycles. The molecule has 0 aromatic rings. The zero-order valence-electron chi connectivity index (χ0n) is 13.1. The van der Waals surface area contributed by atoms with Crippen LogP contribution in [0.1, 0.15) is 26.2 Å². The summed E-state index contributed by atoms with van der Waals surface area (Å²) in [7, 11) is 0. The minimum atomic E-state index is -6.32. The highest BCUT2D eigenvalue weighted by molar-refractivity contribution is 5.28. The molecule has 2 nitrogen and oxygen atoms in total. The predicted octanol–water partition coefficient (Wildman–Crippen LogP) is 4.81. The predicted molar refractivity (Wildman–Crippen MR) is 64.2 cm³/mol. The number of alkyl halides is 12. The molecule has 0 radical (unpaired) electrons. The minimum absolute atomic E-state index is 0.188. The summed E-state index contributed by atoms with van der Waals surface area (Å²) in [5.41, 5.74) is -15.9. The number of halogens is 12. The number of aliphatic hydroxyl groups is 2. The zero-order valence-corrected chi connectivity index (χ0v) is 13.1. The van der Waals surface area contributed by atoms with Crippen LogP contribution in [0, 0.1) is 5.41 Å². The van der Waals surface area contributed by atoms with Gasteiger partial charge in [-0.25, -0.2) is 0 Å². The lowest BCUT2D eigenvalue weighted by molar-refractivity contribution is -0.403. The van der Waals surface area contributed by atoms with Crippen LogP contribution >= 0.6 is 0 Å². The van der Waals surface area contributed by atoms with E-state index in [2.05, 4.69) is 0 Å². The molecule has 2 N–H and O–H groups in total. The zero-order chi connectivity index (χ0) is 21.9. The van der Waals surface area contributed by atoms with Crippen molar-refractivity contribution in [3.8, 4) is 0 Å². The van der Waals surface area contributed by atoms with Crippen molar-refractivity contribution in [3.05, 3.63) is 11.6 Å². The smallest absolute Gasteiger partial charge is 0.373 e. The highest BCUT2D eigenvalue weighted by atomic mass is 19.4. The molecule has 0 aromatic carbocycles. The van der Waals surface area contributed by atoms with E-state index in [4.69, 9.17) is 0 Å². The third kappa shape index (κ3) is 3.38. The summed E-state index contributed by atoms with van der Waals surface area (Å²) >= 11 is 0. The normalized spacial score (nSPS) is 24.0. The average Bonchev–Trinajstić information content (AvgIpc) is 2.41. The molecule has 27 heavy (non-hydrogen) atoms. The Labute approximate surface area is 143 Å². The molecule has 0 saturated carbocycles. The summed E-state index contributed by atoms with van der Waals surface area (Å²) in [5.74, 6) is 0. The van der Waals surface area contributed by atoms with Crippen LogP contribution in [-0.4, -0.2) is 46.1 Å². The molecule has 1 aliphatic carbocycles. The van der Waals surface area contributed by atoms with Crippen molar-refractivity contribution in [1.29, 1.82) is 0 Å². The molecule has 1 aliphatic rings. The van der Waals surface area contributed by atoms with Gasteiger partial charge in [-0.2, -0.15) is 52.7 Å². The lowest BCUT2D eigenvalue weighted by Gasteiger charge is -2.48. The molecule has 0 saturated heterocycles. The van der Waals surface area contributed by atoms with Crippen LogP contribution in [0.25, 0.3) is 0 Å². The summed E-state index contributed by atoms with van der Waals surface area (Å²) in [4.78, 5) is 0. The van der Waals surface area contributed by atoms with E-state index in [-0.39, 0.29) is 13.0 Å². The van der Waals surface area contributed by atoms with Crippen LogP contribution in [-0.2, 0) is 0 Å². The molecular formula is C13H12F12O2. The first-order valence-corrected chi connectivity index (χ1v) is 6.97. The van der Waals surface area contributed by atoms with Crippen molar-refractivity contribution in [2.75, 3.05) is 0 Å². The van der Waals surface area contributed by atoms with Crippen molar-refractivity contribution in [3.63, 3.8) is 0 Å². The Morgan fingerprint density at radius 1 is 0.741 bits per heavy atom. The van der Waals surface area contributed by atoms with Gasteiger partial charge in [0.25, 0.3) is 11.2 Å². The summed E-state index contributed by atoms with van der Waals surface area (Å²) in [6.45, 7) is 0.238. The maximum absolute atomic E-state index is 12.9. The van der Waals surface area contributed by atoms with Crippen molar-refractivity contribution in [2.45, 2.75) is 62.1 Å². The maximum Gasteiger partial charge on any atom is 0.430 e. The lowest BCUT2D eigenvalue weighted by Crippen LogP contribution is -2.67. The molecule has 0 aromatic heterocycles. The van der Waals surface area contributed by atoms with Crippen molar-refractivity contribution < 1.29 is 62.9 Å². The van der Waals surface area contributed by atoms with Gasteiger partial charge in [0.1, 0.15) is 0 Å². The van der Waals surface area contributed by atoms with Gasteiger partial charge in [-0.1, -0.05) is 13.0 Å². The number of allylic oxidation sites excluding steroid dienone is 1. The Balaban J connectivity index is 3.48. The molecule has 0 unspecified atom stereocenters. The maximum atomic E-state index is 12.9. The Bertz CT molecular complexity index is 566. The Kier molecular flexibility index (Phi) is 5.44. The SMILES string of the molecule is C[C@@]1(C(O)(C(F)(F)F)C(F)(F)F)CC=C(C(O)(C(F)(F)F)C(F)(F)F)CC1.